The third-order valence-corrected chi connectivity index (χ3v) is 6.00. The number of methoxy groups -OCH3 is 1. The second-order valence-corrected chi connectivity index (χ2v) is 7.85. The van der Waals surface area contributed by atoms with Crippen molar-refractivity contribution in [1.29, 1.82) is 0 Å². The molecule has 0 saturated heterocycles. The predicted octanol–water partition coefficient (Wildman–Crippen LogP) is 4.95. The smallest absolute Gasteiger partial charge is 0.191 e. The Morgan fingerprint density at radius 3 is 2.57 bits per heavy atom. The van der Waals surface area contributed by atoms with E-state index in [1.54, 1.807) is 30.2 Å². The van der Waals surface area contributed by atoms with E-state index in [-0.39, 0.29) is 0 Å². The van der Waals surface area contributed by atoms with Crippen LogP contribution in [0, 0.1) is 0 Å². The van der Waals surface area contributed by atoms with Gasteiger partial charge in [-0.05, 0) is 36.2 Å². The molecule has 28 heavy (non-hydrogen) atoms. The molecule has 0 bridgehead atoms. The van der Waals surface area contributed by atoms with Crippen LogP contribution in [0.1, 0.15) is 11.3 Å². The van der Waals surface area contributed by atoms with Crippen molar-refractivity contribution in [3.8, 4) is 17.1 Å². The summed E-state index contributed by atoms with van der Waals surface area (Å²) in [6.45, 7) is 0.817. The van der Waals surface area contributed by atoms with Gasteiger partial charge in [0.2, 0.25) is 0 Å². The Morgan fingerprint density at radius 2 is 1.86 bits per heavy atom. The van der Waals surface area contributed by atoms with Gasteiger partial charge in [-0.25, -0.2) is 4.98 Å². The average Bonchev–Trinajstić information content (AvgIpc) is 3.41. The summed E-state index contributed by atoms with van der Waals surface area (Å²) in [4.78, 5) is 4.36. The summed E-state index contributed by atoms with van der Waals surface area (Å²) in [5.74, 6) is 2.49. The Balaban J connectivity index is 1.60. The molecule has 0 spiro atoms. The van der Waals surface area contributed by atoms with E-state index in [1.807, 2.05) is 35.8 Å². The first-order valence-corrected chi connectivity index (χ1v) is 10.9. The first-order valence-electron chi connectivity index (χ1n) is 8.95. The van der Waals surface area contributed by atoms with Gasteiger partial charge in [0.15, 0.2) is 11.0 Å². The van der Waals surface area contributed by atoms with E-state index in [4.69, 9.17) is 4.74 Å². The van der Waals surface area contributed by atoms with Crippen molar-refractivity contribution < 1.29 is 4.74 Å². The van der Waals surface area contributed by atoms with Crippen LogP contribution < -0.4 is 4.74 Å². The SMILES string of the molecule is COc1ccc(-c2nnc(SCc3cscn3)n2CCc2ccccc2)cc1. The van der Waals surface area contributed by atoms with Crippen molar-refractivity contribution in [2.75, 3.05) is 7.11 Å². The quantitative estimate of drug-likeness (QED) is 0.386. The van der Waals surface area contributed by atoms with Crippen LogP contribution in [0.3, 0.4) is 0 Å². The third-order valence-electron chi connectivity index (χ3n) is 4.36. The Morgan fingerprint density at radius 1 is 1.04 bits per heavy atom. The van der Waals surface area contributed by atoms with Crippen molar-refractivity contribution in [2.24, 2.45) is 0 Å². The van der Waals surface area contributed by atoms with Gasteiger partial charge in [-0.3, -0.25) is 0 Å². The summed E-state index contributed by atoms with van der Waals surface area (Å²) in [5, 5.41) is 11.9. The molecule has 0 saturated carbocycles. The third kappa shape index (κ3) is 4.43. The van der Waals surface area contributed by atoms with Crippen LogP contribution >= 0.6 is 23.1 Å². The summed E-state index contributed by atoms with van der Waals surface area (Å²) < 4.78 is 7.47. The molecular weight excluding hydrogens is 388 g/mol. The first kappa shape index (κ1) is 18.7. The fraction of sp³-hybridized carbons (Fsp3) is 0.190. The molecule has 2 aromatic heterocycles. The van der Waals surface area contributed by atoms with Crippen LogP contribution in [-0.2, 0) is 18.7 Å². The fourth-order valence-corrected chi connectivity index (χ4v) is 4.41. The minimum absolute atomic E-state index is 0.787. The van der Waals surface area contributed by atoms with Gasteiger partial charge in [-0.15, -0.1) is 21.5 Å². The van der Waals surface area contributed by atoms with E-state index in [1.165, 1.54) is 5.56 Å². The summed E-state index contributed by atoms with van der Waals surface area (Å²) >= 11 is 3.28. The molecule has 142 valence electrons. The van der Waals surface area contributed by atoms with Gasteiger partial charge < -0.3 is 9.30 Å². The molecule has 0 aliphatic heterocycles. The number of hydrogen-bond donors (Lipinski definition) is 0. The summed E-state index contributed by atoms with van der Waals surface area (Å²) in [6, 6.07) is 18.4. The summed E-state index contributed by atoms with van der Waals surface area (Å²) in [7, 11) is 1.67. The second kappa shape index (κ2) is 9.03. The highest BCUT2D eigenvalue weighted by atomic mass is 32.2. The largest absolute Gasteiger partial charge is 0.497 e. The molecule has 4 aromatic rings. The van der Waals surface area contributed by atoms with Gasteiger partial charge in [-0.1, -0.05) is 42.1 Å². The highest BCUT2D eigenvalue weighted by Crippen LogP contribution is 2.28. The minimum atomic E-state index is 0.787. The van der Waals surface area contributed by atoms with Crippen molar-refractivity contribution in [1.82, 2.24) is 19.7 Å². The first-order chi connectivity index (χ1) is 13.8. The van der Waals surface area contributed by atoms with Crippen LogP contribution in [0.5, 0.6) is 5.75 Å². The lowest BCUT2D eigenvalue weighted by Crippen LogP contribution is -2.05. The number of aryl methyl sites for hydroxylation is 1. The van der Waals surface area contributed by atoms with Crippen molar-refractivity contribution in [3.05, 3.63) is 76.7 Å². The standard InChI is InChI=1S/C21H20N4OS2/c1-26-19-9-7-17(8-10-19)20-23-24-21(28-14-18-13-27-15-22-18)25(20)12-11-16-5-3-2-4-6-16/h2-10,13,15H,11-12,14H2,1H3. The average molecular weight is 409 g/mol. The molecule has 0 unspecified atom stereocenters. The van der Waals surface area contributed by atoms with Crippen LogP contribution in [-0.4, -0.2) is 26.9 Å². The molecular formula is C21H20N4OS2. The van der Waals surface area contributed by atoms with E-state index >= 15 is 0 Å². The van der Waals surface area contributed by atoms with Gasteiger partial charge in [0.1, 0.15) is 5.75 Å². The zero-order valence-corrected chi connectivity index (χ0v) is 17.1. The van der Waals surface area contributed by atoms with Crippen LogP contribution in [0.2, 0.25) is 0 Å². The maximum absolute atomic E-state index is 5.27. The topological polar surface area (TPSA) is 52.8 Å². The molecule has 0 amide bonds. The van der Waals surface area contributed by atoms with Gasteiger partial charge in [0.05, 0.1) is 18.3 Å². The number of thioether (sulfide) groups is 1. The molecule has 0 aliphatic rings. The molecule has 2 heterocycles. The molecule has 2 aromatic carbocycles. The maximum Gasteiger partial charge on any atom is 0.191 e. The van der Waals surface area contributed by atoms with E-state index < -0.39 is 0 Å². The Kier molecular flexibility index (Phi) is 6.04. The van der Waals surface area contributed by atoms with Crippen molar-refractivity contribution in [2.45, 2.75) is 23.9 Å². The molecule has 7 heteroatoms. The van der Waals surface area contributed by atoms with E-state index in [2.05, 4.69) is 49.4 Å². The number of hydrogen-bond acceptors (Lipinski definition) is 6. The van der Waals surface area contributed by atoms with Gasteiger partial charge in [0, 0.05) is 23.2 Å². The van der Waals surface area contributed by atoms with Gasteiger partial charge >= 0.3 is 0 Å². The van der Waals surface area contributed by atoms with Crippen LogP contribution in [0.25, 0.3) is 11.4 Å². The highest BCUT2D eigenvalue weighted by Gasteiger charge is 2.15. The summed E-state index contributed by atoms with van der Waals surface area (Å²) in [5.41, 5.74) is 5.26. The Hall–Kier alpha value is -2.64. The maximum atomic E-state index is 5.27. The van der Waals surface area contributed by atoms with E-state index in [0.29, 0.717) is 0 Å². The predicted molar refractivity (Wildman–Crippen MR) is 114 cm³/mol. The monoisotopic (exact) mass is 408 g/mol. The number of rotatable bonds is 8. The molecule has 5 nitrogen and oxygen atoms in total. The number of aromatic nitrogens is 4. The summed E-state index contributed by atoms with van der Waals surface area (Å²) in [6.07, 6.45) is 0.923. The molecule has 0 radical (unpaired) electrons. The second-order valence-electron chi connectivity index (χ2n) is 6.19. The highest BCUT2D eigenvalue weighted by molar-refractivity contribution is 7.98. The van der Waals surface area contributed by atoms with Gasteiger partial charge in [0.25, 0.3) is 0 Å². The van der Waals surface area contributed by atoms with Gasteiger partial charge in [-0.2, -0.15) is 0 Å². The number of thiazole rings is 1. The zero-order chi connectivity index (χ0) is 19.2. The van der Waals surface area contributed by atoms with E-state index in [9.17, 15) is 0 Å². The van der Waals surface area contributed by atoms with Crippen LogP contribution in [0.15, 0.2) is 70.6 Å². The zero-order valence-electron chi connectivity index (χ0n) is 15.5. The van der Waals surface area contributed by atoms with Crippen molar-refractivity contribution in [3.63, 3.8) is 0 Å². The molecule has 0 fully saturated rings. The molecule has 4 rings (SSSR count). The molecule has 0 aliphatic carbocycles. The number of nitrogens with zero attached hydrogens (tertiary/aromatic N) is 4. The van der Waals surface area contributed by atoms with Crippen molar-refractivity contribution >= 4 is 23.1 Å². The Bertz CT molecular complexity index is 999. The number of ether oxygens (including phenoxy) is 1. The minimum Gasteiger partial charge on any atom is -0.497 e. The lowest BCUT2D eigenvalue weighted by molar-refractivity contribution is 0.415. The number of benzene rings is 2. The molecule has 0 atom stereocenters. The Labute approximate surface area is 172 Å². The lowest BCUT2D eigenvalue weighted by atomic mass is 10.1. The van der Waals surface area contributed by atoms with E-state index in [0.717, 1.165) is 46.7 Å². The normalized spacial score (nSPS) is 10.9. The van der Waals surface area contributed by atoms with Crippen LogP contribution in [0.4, 0.5) is 0 Å². The lowest BCUT2D eigenvalue weighted by Gasteiger charge is -2.10. The fourth-order valence-electron chi connectivity index (χ4n) is 2.88. The molecule has 0 N–H and O–H groups in total.